The summed E-state index contributed by atoms with van der Waals surface area (Å²) >= 11 is 2.82. The maximum atomic E-state index is 5.11. The lowest BCUT2D eigenvalue weighted by Crippen LogP contribution is -1.93. The van der Waals surface area contributed by atoms with Gasteiger partial charge in [0.15, 0.2) is 0 Å². The summed E-state index contributed by atoms with van der Waals surface area (Å²) < 4.78 is 14.8. The number of methoxy groups -OCH3 is 2. The Morgan fingerprint density at radius 3 is 1.73 bits per heavy atom. The molecule has 0 aromatic heterocycles. The van der Waals surface area contributed by atoms with Gasteiger partial charge in [-0.05, 0) is 0 Å². The summed E-state index contributed by atoms with van der Waals surface area (Å²) in [5, 5.41) is 0. The van der Waals surface area contributed by atoms with Crippen molar-refractivity contribution in [3.8, 4) is 0 Å². The molecule has 0 aliphatic carbocycles. The summed E-state index contributed by atoms with van der Waals surface area (Å²) in [6.07, 6.45) is 0. The highest BCUT2D eigenvalue weighted by molar-refractivity contribution is 8.07. The van der Waals surface area contributed by atoms with E-state index in [0.29, 0.717) is 0 Å². The zero-order valence-corrected chi connectivity index (χ0v) is 8.50. The molecule has 5 heteroatoms. The van der Waals surface area contributed by atoms with Gasteiger partial charge in [-0.2, -0.15) is 0 Å². The van der Waals surface area contributed by atoms with Crippen molar-refractivity contribution in [2.24, 2.45) is 0 Å². The predicted molar refractivity (Wildman–Crippen MR) is 49.8 cm³/mol. The summed E-state index contributed by atoms with van der Waals surface area (Å²) in [4.78, 5) is 0. The Balaban J connectivity index is 2.69. The Morgan fingerprint density at radius 2 is 1.36 bits per heavy atom. The molecule has 11 heavy (non-hydrogen) atoms. The second-order valence-electron chi connectivity index (χ2n) is 1.70. The van der Waals surface area contributed by atoms with Crippen molar-refractivity contribution in [1.82, 2.24) is 0 Å². The molecule has 0 aliphatic heterocycles. The molecule has 0 saturated carbocycles. The molecule has 68 valence electrons. The van der Waals surface area contributed by atoms with E-state index < -0.39 is 0 Å². The van der Waals surface area contributed by atoms with Crippen LogP contribution in [0.5, 0.6) is 0 Å². The van der Waals surface area contributed by atoms with Gasteiger partial charge in [0.2, 0.25) is 0 Å². The minimum absolute atomic E-state index is 0.732. The number of rotatable bonds is 8. The van der Waals surface area contributed by atoms with E-state index in [2.05, 4.69) is 0 Å². The van der Waals surface area contributed by atoms with Crippen LogP contribution in [0.25, 0.3) is 0 Å². The average molecular weight is 198 g/mol. The van der Waals surface area contributed by atoms with Crippen molar-refractivity contribution in [1.29, 1.82) is 0 Å². The summed E-state index contributed by atoms with van der Waals surface area (Å²) in [5.74, 6) is 1.74. The number of hydrogen-bond acceptors (Lipinski definition) is 5. The molecule has 0 unspecified atom stereocenters. The highest BCUT2D eigenvalue weighted by atomic mass is 32.2. The van der Waals surface area contributed by atoms with Crippen LogP contribution in [0.4, 0.5) is 0 Å². The van der Waals surface area contributed by atoms with Crippen molar-refractivity contribution in [2.75, 3.05) is 38.9 Å². The highest BCUT2D eigenvalue weighted by Crippen LogP contribution is 2.13. The Hall–Kier alpha value is 0.580. The molecule has 0 rings (SSSR count). The van der Waals surface area contributed by atoms with Gasteiger partial charge in [-0.15, -0.1) is 0 Å². The minimum Gasteiger partial charge on any atom is -0.384 e. The normalized spacial score (nSPS) is 10.4. The summed E-state index contributed by atoms with van der Waals surface area (Å²) in [5.41, 5.74) is 0. The fourth-order valence-corrected chi connectivity index (χ4v) is 1.62. The molecule has 0 aliphatic rings. The molecule has 3 nitrogen and oxygen atoms in total. The van der Waals surface area contributed by atoms with Crippen molar-refractivity contribution >= 4 is 24.1 Å². The van der Waals surface area contributed by atoms with Crippen LogP contribution in [0.1, 0.15) is 0 Å². The topological polar surface area (TPSA) is 27.7 Å². The maximum absolute atomic E-state index is 5.11. The minimum atomic E-state index is 0.732. The molecule has 0 fully saturated rings. The molecule has 0 saturated heterocycles. The van der Waals surface area contributed by atoms with Crippen LogP contribution in [0.2, 0.25) is 0 Å². The van der Waals surface area contributed by atoms with Crippen LogP contribution in [0.15, 0.2) is 0 Å². The van der Waals surface area contributed by atoms with E-state index >= 15 is 0 Å². The number of ether oxygens (including phenoxy) is 2. The van der Waals surface area contributed by atoms with Gasteiger partial charge >= 0.3 is 0 Å². The van der Waals surface area contributed by atoms with E-state index in [1.807, 2.05) is 0 Å². The van der Waals surface area contributed by atoms with E-state index in [1.54, 1.807) is 14.2 Å². The third-order valence-electron chi connectivity index (χ3n) is 0.838. The SMILES string of the molecule is COCCSOSCCOC. The van der Waals surface area contributed by atoms with Gasteiger partial charge in [-0.1, -0.05) is 0 Å². The van der Waals surface area contributed by atoms with E-state index in [0.717, 1.165) is 24.7 Å². The van der Waals surface area contributed by atoms with Crippen molar-refractivity contribution < 1.29 is 13.1 Å². The number of hydrogen-bond donors (Lipinski definition) is 0. The Kier molecular flexibility index (Phi) is 11.1. The Labute approximate surface area is 76.6 Å². The summed E-state index contributed by atoms with van der Waals surface area (Å²) in [6, 6.07) is 0. The lowest BCUT2D eigenvalue weighted by atomic mass is 10.9. The first kappa shape index (κ1) is 11.6. The van der Waals surface area contributed by atoms with Crippen LogP contribution >= 0.6 is 24.1 Å². The lowest BCUT2D eigenvalue weighted by Gasteiger charge is -1.99. The predicted octanol–water partition coefficient (Wildman–Crippen LogP) is 1.59. The first-order valence-electron chi connectivity index (χ1n) is 3.30. The van der Waals surface area contributed by atoms with E-state index in [1.165, 1.54) is 24.1 Å². The van der Waals surface area contributed by atoms with Gasteiger partial charge in [0.1, 0.15) is 0 Å². The lowest BCUT2D eigenvalue weighted by molar-refractivity contribution is 0.217. The quantitative estimate of drug-likeness (QED) is 0.436. The first-order valence-corrected chi connectivity index (χ1v) is 5.13. The maximum Gasteiger partial charge on any atom is 0.0575 e. The molecule has 0 heterocycles. The fraction of sp³-hybridized carbons (Fsp3) is 1.00. The third kappa shape index (κ3) is 10.6. The average Bonchev–Trinajstić information content (AvgIpc) is 2.03. The molecule has 0 N–H and O–H groups in total. The van der Waals surface area contributed by atoms with Crippen LogP contribution < -0.4 is 0 Å². The van der Waals surface area contributed by atoms with Crippen molar-refractivity contribution in [3.05, 3.63) is 0 Å². The van der Waals surface area contributed by atoms with Crippen LogP contribution in [-0.4, -0.2) is 38.9 Å². The highest BCUT2D eigenvalue weighted by Gasteiger charge is 1.90. The fourth-order valence-electron chi connectivity index (χ4n) is 0.337. The van der Waals surface area contributed by atoms with Gasteiger partial charge < -0.3 is 9.47 Å². The van der Waals surface area contributed by atoms with Gasteiger partial charge in [0.05, 0.1) is 13.2 Å². The first-order chi connectivity index (χ1) is 5.41. The molecular formula is C6H14O3S2. The van der Waals surface area contributed by atoms with E-state index in [9.17, 15) is 0 Å². The molecule has 0 radical (unpaired) electrons. The molecule has 0 aromatic rings. The molecular weight excluding hydrogens is 184 g/mol. The zero-order chi connectivity index (χ0) is 8.36. The molecule has 0 bridgehead atoms. The van der Waals surface area contributed by atoms with Gasteiger partial charge in [-0.25, -0.2) is 3.63 Å². The van der Waals surface area contributed by atoms with E-state index in [4.69, 9.17) is 13.1 Å². The molecule has 0 spiro atoms. The second kappa shape index (κ2) is 10.6. The van der Waals surface area contributed by atoms with Gasteiger partial charge in [0.25, 0.3) is 0 Å². The van der Waals surface area contributed by atoms with Gasteiger partial charge in [0, 0.05) is 49.8 Å². The van der Waals surface area contributed by atoms with Crippen LogP contribution in [0, 0.1) is 0 Å². The van der Waals surface area contributed by atoms with Crippen molar-refractivity contribution in [3.63, 3.8) is 0 Å². The van der Waals surface area contributed by atoms with Crippen molar-refractivity contribution in [2.45, 2.75) is 0 Å². The molecule has 0 aromatic carbocycles. The summed E-state index contributed by atoms with van der Waals surface area (Å²) in [7, 11) is 3.36. The Morgan fingerprint density at radius 1 is 0.909 bits per heavy atom. The molecule has 0 amide bonds. The monoisotopic (exact) mass is 198 g/mol. The summed E-state index contributed by atoms with van der Waals surface area (Å²) in [6.45, 7) is 1.46. The largest absolute Gasteiger partial charge is 0.384 e. The second-order valence-corrected chi connectivity index (χ2v) is 3.53. The zero-order valence-electron chi connectivity index (χ0n) is 6.87. The standard InChI is InChI=1S/C6H14O3S2/c1-7-3-5-10-9-11-6-4-8-2/h3-6H2,1-2H3. The molecule has 0 atom stereocenters. The van der Waals surface area contributed by atoms with Crippen LogP contribution in [0.3, 0.4) is 0 Å². The smallest absolute Gasteiger partial charge is 0.0575 e. The van der Waals surface area contributed by atoms with Gasteiger partial charge in [-0.3, -0.25) is 0 Å². The third-order valence-corrected chi connectivity index (χ3v) is 2.27. The van der Waals surface area contributed by atoms with E-state index in [-0.39, 0.29) is 0 Å². The van der Waals surface area contributed by atoms with Crippen LogP contribution in [-0.2, 0) is 13.1 Å². The Bertz CT molecular complexity index is 64.8.